The van der Waals surface area contributed by atoms with Crippen molar-refractivity contribution in [3.05, 3.63) is 41.5 Å². The van der Waals surface area contributed by atoms with Gasteiger partial charge in [-0.25, -0.2) is 9.59 Å². The van der Waals surface area contributed by atoms with E-state index in [-0.39, 0.29) is 23.7 Å². The van der Waals surface area contributed by atoms with E-state index in [9.17, 15) is 14.7 Å². The lowest BCUT2D eigenvalue weighted by Gasteiger charge is -2.52. The summed E-state index contributed by atoms with van der Waals surface area (Å²) in [5, 5.41) is 9.30. The van der Waals surface area contributed by atoms with E-state index in [0.29, 0.717) is 18.3 Å². The van der Waals surface area contributed by atoms with Crippen LogP contribution in [0, 0.1) is 23.7 Å². The number of hydrogen-bond acceptors (Lipinski definition) is 6. The van der Waals surface area contributed by atoms with Gasteiger partial charge in [0.2, 0.25) is 0 Å². The summed E-state index contributed by atoms with van der Waals surface area (Å²) < 4.78 is 18.8. The van der Waals surface area contributed by atoms with Crippen LogP contribution in [-0.4, -0.2) is 47.1 Å². The number of rotatable bonds is 7. The predicted molar refractivity (Wildman–Crippen MR) is 133 cm³/mol. The minimum absolute atomic E-state index is 0.0405. The molecule has 1 aromatic rings. The van der Waals surface area contributed by atoms with Gasteiger partial charge in [-0.2, -0.15) is 0 Å². The van der Waals surface area contributed by atoms with E-state index < -0.39 is 36.0 Å². The van der Waals surface area contributed by atoms with Crippen LogP contribution >= 0.6 is 0 Å². The number of ether oxygens (including phenoxy) is 3. The van der Waals surface area contributed by atoms with E-state index in [1.165, 1.54) is 11.6 Å². The molecular weight excluding hydrogens is 444 g/mol. The van der Waals surface area contributed by atoms with Gasteiger partial charge in [0.05, 0.1) is 0 Å². The molecule has 1 saturated carbocycles. The number of carbonyl (C=O) groups excluding carboxylic acids is 2. The van der Waals surface area contributed by atoms with Gasteiger partial charge in [0.1, 0.15) is 30.0 Å². The van der Waals surface area contributed by atoms with Crippen LogP contribution < -0.4 is 0 Å². The molecule has 0 amide bonds. The Hall–Kier alpha value is -2.18. The Morgan fingerprint density at radius 1 is 1.14 bits per heavy atom. The molecule has 0 radical (unpaired) electrons. The first-order valence-corrected chi connectivity index (χ1v) is 13.0. The Morgan fingerprint density at radius 3 is 2.43 bits per heavy atom. The first-order valence-electron chi connectivity index (χ1n) is 13.0. The van der Waals surface area contributed by atoms with Gasteiger partial charge < -0.3 is 19.3 Å². The maximum absolute atomic E-state index is 13.1. The molecule has 1 N–H and O–H groups in total. The molecule has 0 spiro atoms. The summed E-state index contributed by atoms with van der Waals surface area (Å²) in [5.74, 6) is 0.0521. The van der Waals surface area contributed by atoms with Crippen molar-refractivity contribution < 1.29 is 28.9 Å². The number of fused-ring (bicyclic) bond motifs is 4. The Labute approximate surface area is 209 Å². The maximum Gasteiger partial charge on any atom is 0.332 e. The quantitative estimate of drug-likeness (QED) is 0.438. The van der Waals surface area contributed by atoms with E-state index in [1.54, 1.807) is 6.08 Å². The lowest BCUT2D eigenvalue weighted by atomic mass is 9.69. The van der Waals surface area contributed by atoms with Crippen molar-refractivity contribution in [1.82, 2.24) is 0 Å². The van der Waals surface area contributed by atoms with Crippen LogP contribution in [-0.2, 0) is 23.8 Å². The average Bonchev–Trinajstić information content (AvgIpc) is 3.33. The van der Waals surface area contributed by atoms with Gasteiger partial charge in [-0.1, -0.05) is 58.9 Å². The van der Waals surface area contributed by atoms with E-state index >= 15 is 0 Å². The van der Waals surface area contributed by atoms with Crippen molar-refractivity contribution in [2.45, 2.75) is 90.1 Å². The van der Waals surface area contributed by atoms with Crippen molar-refractivity contribution in [3.8, 4) is 0 Å². The minimum atomic E-state index is -0.753. The van der Waals surface area contributed by atoms with E-state index in [0.717, 1.165) is 18.4 Å². The van der Waals surface area contributed by atoms with Crippen molar-refractivity contribution in [2.75, 3.05) is 6.61 Å². The lowest BCUT2D eigenvalue weighted by molar-refractivity contribution is -0.264. The zero-order valence-electron chi connectivity index (χ0n) is 21.8. The van der Waals surface area contributed by atoms with Crippen LogP contribution in [0.25, 0.3) is 6.08 Å². The molecule has 1 aromatic carbocycles. The smallest absolute Gasteiger partial charge is 0.332 e. The van der Waals surface area contributed by atoms with Crippen LogP contribution in [0.2, 0.25) is 0 Å². The zero-order valence-corrected chi connectivity index (χ0v) is 21.8. The molecule has 1 aliphatic carbocycles. The maximum atomic E-state index is 13.1. The van der Waals surface area contributed by atoms with Crippen LogP contribution in [0.4, 0.5) is 0 Å². The highest BCUT2D eigenvalue weighted by molar-refractivity contribution is 5.87. The first-order chi connectivity index (χ1) is 16.5. The molecule has 192 valence electrons. The van der Waals surface area contributed by atoms with Gasteiger partial charge >= 0.3 is 11.9 Å². The molecule has 0 unspecified atom stereocenters. The molecule has 2 saturated heterocycles. The Morgan fingerprint density at radius 2 is 1.83 bits per heavy atom. The number of hydrogen-bond donors (Lipinski definition) is 1. The number of aliphatic hydroxyl groups is 1. The summed E-state index contributed by atoms with van der Waals surface area (Å²) >= 11 is 0. The predicted octanol–water partition coefficient (Wildman–Crippen LogP) is 4.89. The van der Waals surface area contributed by atoms with Crippen molar-refractivity contribution in [2.24, 2.45) is 23.7 Å². The number of benzene rings is 1. The molecule has 2 bridgehead atoms. The third kappa shape index (κ3) is 4.55. The molecule has 3 fully saturated rings. The van der Waals surface area contributed by atoms with Crippen molar-refractivity contribution in [1.29, 1.82) is 0 Å². The Bertz CT molecular complexity index is 966. The van der Waals surface area contributed by atoms with Gasteiger partial charge in [0, 0.05) is 18.4 Å². The summed E-state index contributed by atoms with van der Waals surface area (Å²) in [6.45, 7) is 12.0. The number of carbonyl (C=O) groups is 2. The normalized spacial score (nSPS) is 36.1. The largest absolute Gasteiger partial charge is 0.457 e. The average molecular weight is 485 g/mol. The third-order valence-electron chi connectivity index (χ3n) is 8.81. The summed E-state index contributed by atoms with van der Waals surface area (Å²) in [4.78, 5) is 25.1. The molecule has 2 heterocycles. The van der Waals surface area contributed by atoms with Gasteiger partial charge in [-0.15, -0.1) is 0 Å². The second kappa shape index (κ2) is 9.70. The molecule has 0 aromatic heterocycles. The van der Waals surface area contributed by atoms with E-state index in [4.69, 9.17) is 14.2 Å². The van der Waals surface area contributed by atoms with Crippen molar-refractivity contribution in [3.63, 3.8) is 0 Å². The second-order valence-corrected chi connectivity index (χ2v) is 11.5. The molecule has 2 aliphatic heterocycles. The fourth-order valence-electron chi connectivity index (χ4n) is 6.76. The van der Waals surface area contributed by atoms with E-state index in [1.807, 2.05) is 19.1 Å². The van der Waals surface area contributed by atoms with Crippen LogP contribution in [0.5, 0.6) is 0 Å². The van der Waals surface area contributed by atoms with E-state index in [2.05, 4.69) is 46.8 Å². The Kier molecular flexibility index (Phi) is 7.18. The van der Waals surface area contributed by atoms with Crippen LogP contribution in [0.15, 0.2) is 30.3 Å². The number of esters is 2. The fraction of sp³-hybridized carbons (Fsp3) is 0.655. The molecule has 6 heteroatoms. The summed E-state index contributed by atoms with van der Waals surface area (Å²) in [5.41, 5.74) is 0.782. The standard InChI is InChI=1S/C29H40O6/c1-17(2)21-11-8-20(9-12-21)10-14-24(31)34-27-26-19(5)7-13-22(26)28(6)23(33-25(32)16-30)15-29(27,35-28)18(3)4/h8-12,14,17-19,22-23,26-27,30H,7,13,15-16H2,1-6H3/b14-10+/t19-,22-,23-,26-,27+,28+,29-/m1/s1. The molecule has 4 rings (SSSR count). The summed E-state index contributed by atoms with van der Waals surface area (Å²) in [7, 11) is 0. The molecule has 6 nitrogen and oxygen atoms in total. The molecule has 35 heavy (non-hydrogen) atoms. The SMILES string of the molecule is CC(C)c1ccc(/C=C/C(=O)O[C@H]2[C@@H]3[C@H](C)CC[C@H]3[C@]3(C)O[C@@]2(C(C)C)C[C@H]3OC(=O)CO)cc1. The zero-order chi connectivity index (χ0) is 25.5. The highest BCUT2D eigenvalue weighted by Gasteiger charge is 2.72. The van der Waals surface area contributed by atoms with Gasteiger partial charge in [0.25, 0.3) is 0 Å². The van der Waals surface area contributed by atoms with Crippen LogP contribution in [0.3, 0.4) is 0 Å². The minimum Gasteiger partial charge on any atom is -0.457 e. The highest BCUT2D eigenvalue weighted by Crippen LogP contribution is 2.63. The summed E-state index contributed by atoms with van der Waals surface area (Å²) in [6.07, 6.45) is 4.75. The second-order valence-electron chi connectivity index (χ2n) is 11.5. The highest BCUT2D eigenvalue weighted by atomic mass is 16.6. The van der Waals surface area contributed by atoms with Crippen molar-refractivity contribution >= 4 is 18.0 Å². The third-order valence-corrected chi connectivity index (χ3v) is 8.81. The lowest BCUT2D eigenvalue weighted by Crippen LogP contribution is -2.62. The summed E-state index contributed by atoms with van der Waals surface area (Å²) in [6, 6.07) is 8.18. The van der Waals surface area contributed by atoms with Gasteiger partial charge in [0.15, 0.2) is 0 Å². The van der Waals surface area contributed by atoms with Gasteiger partial charge in [-0.05, 0) is 60.6 Å². The first kappa shape index (κ1) is 25.9. The molecular formula is C29H40O6. The topological polar surface area (TPSA) is 82.1 Å². The Balaban J connectivity index is 1.60. The molecule has 3 aliphatic rings. The van der Waals surface area contributed by atoms with Crippen LogP contribution in [0.1, 0.15) is 77.8 Å². The van der Waals surface area contributed by atoms with Gasteiger partial charge in [-0.3, -0.25) is 0 Å². The number of aliphatic hydroxyl groups excluding tert-OH is 1. The monoisotopic (exact) mass is 484 g/mol. The fourth-order valence-corrected chi connectivity index (χ4v) is 6.76. The molecule has 7 atom stereocenters.